The van der Waals surface area contributed by atoms with Crippen LogP contribution < -0.4 is 5.32 Å². The first-order valence-electron chi connectivity index (χ1n) is 6.37. The zero-order valence-corrected chi connectivity index (χ0v) is 11.8. The van der Waals surface area contributed by atoms with Gasteiger partial charge in [0.05, 0.1) is 7.11 Å². The van der Waals surface area contributed by atoms with Crippen LogP contribution in [0.25, 0.3) is 6.08 Å². The van der Waals surface area contributed by atoms with E-state index in [0.29, 0.717) is 12.3 Å². The molecule has 1 amide bonds. The second-order valence-corrected chi connectivity index (χ2v) is 4.54. The molecule has 0 atom stereocenters. The summed E-state index contributed by atoms with van der Waals surface area (Å²) in [5.74, 6) is 0.154. The van der Waals surface area contributed by atoms with Crippen LogP contribution in [0.2, 0.25) is 0 Å². The van der Waals surface area contributed by atoms with Crippen LogP contribution >= 0.6 is 0 Å². The van der Waals surface area contributed by atoms with E-state index >= 15 is 0 Å². The molecule has 104 valence electrons. The lowest BCUT2D eigenvalue weighted by atomic mass is 10.2. The number of hydrogen-bond acceptors (Lipinski definition) is 3. The Kier molecular flexibility index (Phi) is 6.68. The third kappa shape index (κ3) is 6.06. The molecule has 0 heterocycles. The van der Waals surface area contributed by atoms with Crippen LogP contribution in [0.4, 0.5) is 0 Å². The van der Waals surface area contributed by atoms with Gasteiger partial charge in [-0.2, -0.15) is 0 Å². The minimum Gasteiger partial charge on any atom is -0.491 e. The monoisotopic (exact) mass is 262 g/mol. The predicted molar refractivity (Wildman–Crippen MR) is 77.6 cm³/mol. The highest BCUT2D eigenvalue weighted by Crippen LogP contribution is 2.07. The van der Waals surface area contributed by atoms with Crippen LogP contribution in [0.15, 0.2) is 36.1 Å². The molecule has 0 bridgehead atoms. The molecule has 19 heavy (non-hydrogen) atoms. The average Bonchev–Trinajstić information content (AvgIpc) is 2.41. The first kappa shape index (κ1) is 15.2. The van der Waals surface area contributed by atoms with Gasteiger partial charge in [-0.15, -0.1) is 0 Å². The minimum absolute atomic E-state index is 0.176. The van der Waals surface area contributed by atoms with Gasteiger partial charge >= 0.3 is 0 Å². The van der Waals surface area contributed by atoms with Crippen molar-refractivity contribution in [3.8, 4) is 0 Å². The highest BCUT2D eigenvalue weighted by Gasteiger charge is 2.08. The molecule has 4 heteroatoms. The molecule has 4 nitrogen and oxygen atoms in total. The zero-order valence-electron chi connectivity index (χ0n) is 11.8. The van der Waals surface area contributed by atoms with E-state index in [0.717, 1.165) is 18.5 Å². The molecule has 1 aromatic rings. The number of carbonyl (C=O) groups is 1. The number of methoxy groups -OCH3 is 1. The Hall–Kier alpha value is -1.81. The van der Waals surface area contributed by atoms with Crippen molar-refractivity contribution in [2.75, 3.05) is 34.3 Å². The Morgan fingerprint density at radius 3 is 2.58 bits per heavy atom. The molecule has 0 aliphatic heterocycles. The number of rotatable bonds is 7. The molecule has 0 aliphatic carbocycles. The number of benzene rings is 1. The van der Waals surface area contributed by atoms with Crippen LogP contribution in [0, 0.1) is 0 Å². The van der Waals surface area contributed by atoms with E-state index in [9.17, 15) is 4.79 Å². The SMILES string of the molecule is COC(=Cc1ccccc1)C(=O)NCCCN(C)C. The van der Waals surface area contributed by atoms with Crippen LogP contribution in [0.1, 0.15) is 12.0 Å². The fourth-order valence-corrected chi connectivity index (χ4v) is 1.60. The van der Waals surface area contributed by atoms with Crippen molar-refractivity contribution < 1.29 is 9.53 Å². The summed E-state index contributed by atoms with van der Waals surface area (Å²) in [6.45, 7) is 1.59. The highest BCUT2D eigenvalue weighted by molar-refractivity contribution is 5.95. The molecule has 0 radical (unpaired) electrons. The topological polar surface area (TPSA) is 41.6 Å². The Balaban J connectivity index is 2.50. The van der Waals surface area contributed by atoms with Gasteiger partial charge in [0.1, 0.15) is 0 Å². The first-order chi connectivity index (χ1) is 9.13. The maximum Gasteiger partial charge on any atom is 0.286 e. The Bertz CT molecular complexity index is 413. The summed E-state index contributed by atoms with van der Waals surface area (Å²) in [6, 6.07) is 9.64. The van der Waals surface area contributed by atoms with Crippen LogP contribution in [-0.4, -0.2) is 45.1 Å². The first-order valence-corrected chi connectivity index (χ1v) is 6.37. The van der Waals surface area contributed by atoms with E-state index in [1.807, 2.05) is 44.4 Å². The Morgan fingerprint density at radius 1 is 1.32 bits per heavy atom. The van der Waals surface area contributed by atoms with Crippen molar-refractivity contribution in [3.05, 3.63) is 41.7 Å². The third-order valence-electron chi connectivity index (χ3n) is 2.61. The van der Waals surface area contributed by atoms with Crippen LogP contribution in [-0.2, 0) is 9.53 Å². The van der Waals surface area contributed by atoms with Gasteiger partial charge in [0.25, 0.3) is 5.91 Å². The van der Waals surface area contributed by atoms with Gasteiger partial charge < -0.3 is 15.0 Å². The number of nitrogens with one attached hydrogen (secondary N) is 1. The standard InChI is InChI=1S/C15H22N2O2/c1-17(2)11-7-10-16-15(18)14(19-3)12-13-8-5-4-6-9-13/h4-6,8-9,12H,7,10-11H2,1-3H3,(H,16,18). The average molecular weight is 262 g/mol. The Labute approximate surface area is 115 Å². The quantitative estimate of drug-likeness (QED) is 0.462. The van der Waals surface area contributed by atoms with Crippen molar-refractivity contribution in [2.45, 2.75) is 6.42 Å². The molecule has 1 N–H and O–H groups in total. The molecule has 0 saturated heterocycles. The molecule has 0 unspecified atom stereocenters. The van der Waals surface area contributed by atoms with E-state index in [1.54, 1.807) is 6.08 Å². The second kappa shape index (κ2) is 8.32. The summed E-state index contributed by atoms with van der Waals surface area (Å²) in [4.78, 5) is 14.0. The maximum absolute atomic E-state index is 11.9. The third-order valence-corrected chi connectivity index (χ3v) is 2.61. The molecule has 1 aromatic carbocycles. The van der Waals surface area contributed by atoms with E-state index < -0.39 is 0 Å². The zero-order chi connectivity index (χ0) is 14.1. The summed E-state index contributed by atoms with van der Waals surface area (Å²) in [7, 11) is 5.53. The largest absolute Gasteiger partial charge is 0.491 e. The van der Waals surface area contributed by atoms with E-state index in [1.165, 1.54) is 7.11 Å². The summed E-state index contributed by atoms with van der Waals surface area (Å²) < 4.78 is 5.13. The summed E-state index contributed by atoms with van der Waals surface area (Å²) >= 11 is 0. The summed E-state index contributed by atoms with van der Waals surface area (Å²) in [6.07, 6.45) is 2.66. The molecule has 0 aromatic heterocycles. The van der Waals surface area contributed by atoms with Crippen molar-refractivity contribution >= 4 is 12.0 Å². The minimum atomic E-state index is -0.176. The highest BCUT2D eigenvalue weighted by atomic mass is 16.5. The predicted octanol–water partition coefficient (Wildman–Crippen LogP) is 1.74. The molecule has 0 fully saturated rings. The van der Waals surface area contributed by atoms with Crippen molar-refractivity contribution in [3.63, 3.8) is 0 Å². The number of amides is 1. The molecular weight excluding hydrogens is 240 g/mol. The maximum atomic E-state index is 11.9. The molecule has 0 saturated carbocycles. The van der Waals surface area contributed by atoms with Gasteiger partial charge in [0.15, 0.2) is 5.76 Å². The molecule has 1 rings (SSSR count). The number of carbonyl (C=O) groups excluding carboxylic acids is 1. The normalized spacial score (nSPS) is 11.5. The fraction of sp³-hybridized carbons (Fsp3) is 0.400. The molecular formula is C15H22N2O2. The van der Waals surface area contributed by atoms with Crippen LogP contribution in [0.5, 0.6) is 0 Å². The van der Waals surface area contributed by atoms with Crippen LogP contribution in [0.3, 0.4) is 0 Å². The van der Waals surface area contributed by atoms with Crippen molar-refractivity contribution in [1.29, 1.82) is 0 Å². The summed E-state index contributed by atoms with van der Waals surface area (Å²) in [5.41, 5.74) is 0.947. The lowest BCUT2D eigenvalue weighted by Crippen LogP contribution is -2.28. The Morgan fingerprint density at radius 2 is 2.00 bits per heavy atom. The fourth-order valence-electron chi connectivity index (χ4n) is 1.60. The number of hydrogen-bond donors (Lipinski definition) is 1. The van der Waals surface area contributed by atoms with Gasteiger partial charge in [-0.05, 0) is 38.7 Å². The van der Waals surface area contributed by atoms with E-state index in [-0.39, 0.29) is 5.91 Å². The van der Waals surface area contributed by atoms with Gasteiger partial charge in [-0.1, -0.05) is 30.3 Å². The second-order valence-electron chi connectivity index (χ2n) is 4.54. The lowest BCUT2D eigenvalue weighted by Gasteiger charge is -2.11. The van der Waals surface area contributed by atoms with Gasteiger partial charge in [0, 0.05) is 6.54 Å². The molecule has 0 aliphatic rings. The van der Waals surface area contributed by atoms with E-state index in [2.05, 4.69) is 10.2 Å². The number of ether oxygens (including phenoxy) is 1. The molecule has 0 spiro atoms. The van der Waals surface area contributed by atoms with Gasteiger partial charge in [-0.3, -0.25) is 4.79 Å². The summed E-state index contributed by atoms with van der Waals surface area (Å²) in [5, 5.41) is 2.85. The van der Waals surface area contributed by atoms with Gasteiger partial charge in [0.2, 0.25) is 0 Å². The van der Waals surface area contributed by atoms with Gasteiger partial charge in [-0.25, -0.2) is 0 Å². The smallest absolute Gasteiger partial charge is 0.286 e. The lowest BCUT2D eigenvalue weighted by molar-refractivity contribution is -0.120. The number of nitrogens with zero attached hydrogens (tertiary/aromatic N) is 1. The van der Waals surface area contributed by atoms with E-state index in [4.69, 9.17) is 4.74 Å². The van der Waals surface area contributed by atoms with Crippen molar-refractivity contribution in [1.82, 2.24) is 10.2 Å². The van der Waals surface area contributed by atoms with Crippen molar-refractivity contribution in [2.24, 2.45) is 0 Å².